The number of fused-ring (bicyclic) bond motifs is 2. The Morgan fingerprint density at radius 1 is 1.14 bits per heavy atom. The predicted octanol–water partition coefficient (Wildman–Crippen LogP) is 2.79. The first-order valence-corrected chi connectivity index (χ1v) is 7.18. The normalized spacial score (nSPS) is 14.7. The van der Waals surface area contributed by atoms with Crippen molar-refractivity contribution in [1.29, 1.82) is 0 Å². The average molecular weight is 280 g/mol. The van der Waals surface area contributed by atoms with Crippen molar-refractivity contribution >= 4 is 10.9 Å². The van der Waals surface area contributed by atoms with Crippen LogP contribution in [0.2, 0.25) is 0 Å². The van der Waals surface area contributed by atoms with Gasteiger partial charge in [0.2, 0.25) is 5.88 Å². The van der Waals surface area contributed by atoms with Crippen molar-refractivity contribution in [3.63, 3.8) is 0 Å². The van der Waals surface area contributed by atoms with E-state index in [0.717, 1.165) is 53.8 Å². The fourth-order valence-electron chi connectivity index (χ4n) is 2.71. The van der Waals surface area contributed by atoms with Gasteiger partial charge in [-0.1, -0.05) is 0 Å². The monoisotopic (exact) mass is 280 g/mol. The number of ether oxygens (including phenoxy) is 1. The van der Waals surface area contributed by atoms with Gasteiger partial charge < -0.3 is 15.0 Å². The van der Waals surface area contributed by atoms with E-state index < -0.39 is 0 Å². The molecule has 0 amide bonds. The SMILES string of the molecule is c1nc2c(c(Oc3ccc4[nH]ccc4c3)n1)CNCCC2. The Hall–Kier alpha value is -2.40. The van der Waals surface area contributed by atoms with Crippen LogP contribution >= 0.6 is 0 Å². The number of aryl methyl sites for hydroxylation is 1. The molecule has 0 fully saturated rings. The maximum atomic E-state index is 6.00. The molecule has 0 spiro atoms. The summed E-state index contributed by atoms with van der Waals surface area (Å²) in [6, 6.07) is 8.02. The van der Waals surface area contributed by atoms with Gasteiger partial charge in [0.15, 0.2) is 0 Å². The number of aromatic nitrogens is 3. The molecular weight excluding hydrogens is 264 g/mol. The highest BCUT2D eigenvalue weighted by molar-refractivity contribution is 5.80. The maximum absolute atomic E-state index is 6.00. The van der Waals surface area contributed by atoms with E-state index in [1.54, 1.807) is 6.33 Å². The Balaban J connectivity index is 1.70. The molecule has 3 heterocycles. The molecule has 0 saturated heterocycles. The smallest absolute Gasteiger partial charge is 0.227 e. The number of benzene rings is 1. The summed E-state index contributed by atoms with van der Waals surface area (Å²) in [5.41, 5.74) is 3.27. The standard InChI is InChI=1S/C16H16N4O/c1-2-15-13(9-17-6-1)16(20-10-19-15)21-12-3-4-14-11(8-12)5-7-18-14/h3-5,7-8,10,17-18H,1-2,6,9H2. The van der Waals surface area contributed by atoms with E-state index in [2.05, 4.69) is 20.3 Å². The molecule has 5 heteroatoms. The molecule has 2 aromatic heterocycles. The second kappa shape index (κ2) is 5.18. The second-order valence-electron chi connectivity index (χ2n) is 5.21. The molecule has 21 heavy (non-hydrogen) atoms. The van der Waals surface area contributed by atoms with E-state index >= 15 is 0 Å². The predicted molar refractivity (Wildman–Crippen MR) is 80.4 cm³/mol. The summed E-state index contributed by atoms with van der Waals surface area (Å²) in [6.07, 6.45) is 5.58. The lowest BCUT2D eigenvalue weighted by atomic mass is 10.1. The molecule has 1 aromatic carbocycles. The van der Waals surface area contributed by atoms with Crippen molar-refractivity contribution < 1.29 is 4.74 Å². The second-order valence-corrected chi connectivity index (χ2v) is 5.21. The van der Waals surface area contributed by atoms with Crippen molar-refractivity contribution in [3.05, 3.63) is 48.0 Å². The van der Waals surface area contributed by atoms with Crippen molar-refractivity contribution in [1.82, 2.24) is 20.3 Å². The molecule has 0 radical (unpaired) electrons. The van der Waals surface area contributed by atoms with Gasteiger partial charge in [-0.15, -0.1) is 0 Å². The molecule has 1 aliphatic heterocycles. The van der Waals surface area contributed by atoms with E-state index in [4.69, 9.17) is 4.74 Å². The fraction of sp³-hybridized carbons (Fsp3) is 0.250. The molecule has 1 aliphatic rings. The Labute approximate surface area is 122 Å². The zero-order valence-corrected chi connectivity index (χ0v) is 11.6. The highest BCUT2D eigenvalue weighted by Gasteiger charge is 2.15. The van der Waals surface area contributed by atoms with Gasteiger partial charge in [0.25, 0.3) is 0 Å². The van der Waals surface area contributed by atoms with E-state index in [1.165, 1.54) is 0 Å². The van der Waals surface area contributed by atoms with Gasteiger partial charge in [0.1, 0.15) is 12.1 Å². The molecule has 0 unspecified atom stereocenters. The number of H-pyrrole nitrogens is 1. The summed E-state index contributed by atoms with van der Waals surface area (Å²) in [5.74, 6) is 1.46. The molecule has 0 aliphatic carbocycles. The van der Waals surface area contributed by atoms with Gasteiger partial charge in [-0.25, -0.2) is 9.97 Å². The number of hydrogen-bond acceptors (Lipinski definition) is 4. The van der Waals surface area contributed by atoms with E-state index in [9.17, 15) is 0 Å². The topological polar surface area (TPSA) is 62.8 Å². The van der Waals surface area contributed by atoms with E-state index in [0.29, 0.717) is 5.88 Å². The Bertz CT molecular complexity index is 781. The minimum atomic E-state index is 0.657. The van der Waals surface area contributed by atoms with Gasteiger partial charge in [0.05, 0.1) is 11.3 Å². The summed E-state index contributed by atoms with van der Waals surface area (Å²) in [5, 5.41) is 4.52. The molecule has 0 bridgehead atoms. The minimum absolute atomic E-state index is 0.657. The van der Waals surface area contributed by atoms with Crippen LogP contribution in [0.25, 0.3) is 10.9 Å². The highest BCUT2D eigenvalue weighted by Crippen LogP contribution is 2.28. The molecule has 5 nitrogen and oxygen atoms in total. The summed E-state index contributed by atoms with van der Waals surface area (Å²) >= 11 is 0. The van der Waals surface area contributed by atoms with Crippen LogP contribution in [-0.2, 0) is 13.0 Å². The lowest BCUT2D eigenvalue weighted by Gasteiger charge is -2.11. The van der Waals surface area contributed by atoms with Crippen LogP contribution in [0.5, 0.6) is 11.6 Å². The van der Waals surface area contributed by atoms with Crippen LogP contribution in [0.3, 0.4) is 0 Å². The van der Waals surface area contributed by atoms with Gasteiger partial charge in [-0.2, -0.15) is 0 Å². The Morgan fingerprint density at radius 3 is 3.14 bits per heavy atom. The molecule has 4 rings (SSSR count). The van der Waals surface area contributed by atoms with Crippen molar-refractivity contribution in [3.8, 4) is 11.6 Å². The third kappa shape index (κ3) is 2.36. The minimum Gasteiger partial charge on any atom is -0.439 e. The van der Waals surface area contributed by atoms with Crippen molar-refractivity contribution in [2.45, 2.75) is 19.4 Å². The van der Waals surface area contributed by atoms with Crippen LogP contribution in [0, 0.1) is 0 Å². The molecule has 3 aromatic rings. The van der Waals surface area contributed by atoms with E-state index in [-0.39, 0.29) is 0 Å². The van der Waals surface area contributed by atoms with Crippen LogP contribution < -0.4 is 10.1 Å². The number of hydrogen-bond donors (Lipinski definition) is 2. The van der Waals surface area contributed by atoms with Crippen molar-refractivity contribution in [2.75, 3.05) is 6.54 Å². The maximum Gasteiger partial charge on any atom is 0.227 e. The summed E-state index contributed by atoms with van der Waals surface area (Å²) in [7, 11) is 0. The van der Waals surface area contributed by atoms with Gasteiger partial charge in [0, 0.05) is 23.6 Å². The number of nitrogens with zero attached hydrogens (tertiary/aromatic N) is 2. The number of rotatable bonds is 2. The first-order chi connectivity index (χ1) is 10.4. The Kier molecular flexibility index (Phi) is 3.05. The lowest BCUT2D eigenvalue weighted by molar-refractivity contribution is 0.452. The third-order valence-corrected chi connectivity index (χ3v) is 3.80. The molecule has 0 atom stereocenters. The Morgan fingerprint density at radius 2 is 2.14 bits per heavy atom. The molecule has 2 N–H and O–H groups in total. The van der Waals surface area contributed by atoms with Gasteiger partial charge in [-0.05, 0) is 43.7 Å². The number of aromatic amines is 1. The molecule has 106 valence electrons. The van der Waals surface area contributed by atoms with Crippen LogP contribution in [-0.4, -0.2) is 21.5 Å². The molecule has 0 saturated carbocycles. The quantitative estimate of drug-likeness (QED) is 0.757. The fourth-order valence-corrected chi connectivity index (χ4v) is 2.71. The van der Waals surface area contributed by atoms with E-state index in [1.807, 2.05) is 30.5 Å². The first kappa shape index (κ1) is 12.3. The van der Waals surface area contributed by atoms with Crippen LogP contribution in [0.15, 0.2) is 36.8 Å². The highest BCUT2D eigenvalue weighted by atomic mass is 16.5. The lowest BCUT2D eigenvalue weighted by Crippen LogP contribution is -2.13. The zero-order chi connectivity index (χ0) is 14.1. The largest absolute Gasteiger partial charge is 0.439 e. The first-order valence-electron chi connectivity index (χ1n) is 7.18. The average Bonchev–Trinajstić information content (AvgIpc) is 2.83. The van der Waals surface area contributed by atoms with Gasteiger partial charge >= 0.3 is 0 Å². The van der Waals surface area contributed by atoms with Crippen LogP contribution in [0.4, 0.5) is 0 Å². The molecular formula is C16H16N4O. The summed E-state index contributed by atoms with van der Waals surface area (Å²) < 4.78 is 6.00. The summed E-state index contributed by atoms with van der Waals surface area (Å²) in [6.45, 7) is 1.77. The third-order valence-electron chi connectivity index (χ3n) is 3.80. The zero-order valence-electron chi connectivity index (χ0n) is 11.6. The van der Waals surface area contributed by atoms with Crippen LogP contribution in [0.1, 0.15) is 17.7 Å². The van der Waals surface area contributed by atoms with Crippen molar-refractivity contribution in [2.24, 2.45) is 0 Å². The van der Waals surface area contributed by atoms with Gasteiger partial charge in [-0.3, -0.25) is 0 Å². The summed E-state index contributed by atoms with van der Waals surface area (Å²) in [4.78, 5) is 11.9. The number of nitrogens with one attached hydrogen (secondary N) is 2.